The van der Waals surface area contributed by atoms with E-state index in [0.29, 0.717) is 11.6 Å². The number of aliphatic hydroxyl groups is 1. The number of carbonyl (C=O) groups excluding carboxylic acids is 2. The molecule has 3 rings (SSSR count). The Morgan fingerprint density at radius 2 is 1.80 bits per heavy atom. The van der Waals surface area contributed by atoms with Crippen molar-refractivity contribution in [1.82, 2.24) is 16.1 Å². The van der Waals surface area contributed by atoms with Gasteiger partial charge in [-0.1, -0.05) is 30.0 Å². The second kappa shape index (κ2) is 10.0. The van der Waals surface area contributed by atoms with Gasteiger partial charge in [-0.25, -0.2) is 5.48 Å². The van der Waals surface area contributed by atoms with Crippen molar-refractivity contribution in [1.29, 1.82) is 0 Å². The molecule has 1 saturated carbocycles. The van der Waals surface area contributed by atoms with E-state index in [1.807, 2.05) is 18.2 Å². The van der Waals surface area contributed by atoms with Crippen molar-refractivity contribution in [2.75, 3.05) is 0 Å². The molecular weight excluding hydrogens is 382 g/mol. The zero-order chi connectivity index (χ0) is 21.5. The topological polar surface area (TPSA) is 111 Å². The van der Waals surface area contributed by atoms with E-state index in [4.69, 9.17) is 5.21 Å². The standard InChI is InChI=1S/C23H25N3O4/c1-15(27)21(23(29)26-30)25-22(28)18-10-7-16(8-11-18)6-9-17-4-2-3-5-19(17)14-24-20-12-13-20/h2-5,7-8,10-11,15,20-21,24,27,30H,12-14H2,1H3,(H,25,28)(H,26,29)/t15-,21+/m1/s1. The molecule has 0 unspecified atom stereocenters. The molecule has 0 aromatic heterocycles. The summed E-state index contributed by atoms with van der Waals surface area (Å²) in [5.74, 6) is 4.86. The molecule has 0 aliphatic heterocycles. The van der Waals surface area contributed by atoms with Crippen LogP contribution in [0.25, 0.3) is 0 Å². The van der Waals surface area contributed by atoms with Crippen LogP contribution in [-0.2, 0) is 11.3 Å². The third kappa shape index (κ3) is 5.91. The number of nitrogens with one attached hydrogen (secondary N) is 3. The number of hydrogen-bond donors (Lipinski definition) is 5. The highest BCUT2D eigenvalue weighted by Crippen LogP contribution is 2.20. The third-order valence-corrected chi connectivity index (χ3v) is 4.83. The predicted octanol–water partition coefficient (Wildman–Crippen LogP) is 1.32. The molecule has 7 nitrogen and oxygen atoms in total. The van der Waals surface area contributed by atoms with Gasteiger partial charge in [-0.05, 0) is 55.7 Å². The van der Waals surface area contributed by atoms with E-state index in [-0.39, 0.29) is 0 Å². The zero-order valence-electron chi connectivity index (χ0n) is 16.7. The first kappa shape index (κ1) is 21.5. The first-order valence-electron chi connectivity index (χ1n) is 9.84. The van der Waals surface area contributed by atoms with Gasteiger partial charge in [0.05, 0.1) is 6.10 Å². The van der Waals surface area contributed by atoms with E-state index >= 15 is 0 Å². The fraction of sp³-hybridized carbons (Fsp3) is 0.304. The molecule has 156 valence electrons. The average Bonchev–Trinajstić information content (AvgIpc) is 3.59. The number of hydroxylamine groups is 1. The minimum Gasteiger partial charge on any atom is -0.391 e. The van der Waals surface area contributed by atoms with Crippen LogP contribution in [0.5, 0.6) is 0 Å². The SMILES string of the molecule is C[C@@H](O)[C@H](NC(=O)c1ccc(C#Cc2ccccc2CNC2CC2)cc1)C(=O)NO. The van der Waals surface area contributed by atoms with Gasteiger partial charge >= 0.3 is 0 Å². The molecular formula is C23H25N3O4. The van der Waals surface area contributed by atoms with Gasteiger partial charge in [0.1, 0.15) is 6.04 Å². The van der Waals surface area contributed by atoms with Gasteiger partial charge in [-0.15, -0.1) is 0 Å². The van der Waals surface area contributed by atoms with Crippen molar-refractivity contribution in [2.24, 2.45) is 0 Å². The molecule has 2 aromatic rings. The lowest BCUT2D eigenvalue weighted by Gasteiger charge is -2.19. The Hall–Kier alpha value is -3.18. The summed E-state index contributed by atoms with van der Waals surface area (Å²) in [6.07, 6.45) is 1.30. The molecule has 0 bridgehead atoms. The van der Waals surface area contributed by atoms with Crippen LogP contribution in [-0.4, -0.2) is 40.3 Å². The first-order chi connectivity index (χ1) is 14.5. The number of rotatable bonds is 7. The quantitative estimate of drug-likeness (QED) is 0.270. The normalized spacial score (nSPS) is 14.8. The minimum absolute atomic E-state index is 0.311. The van der Waals surface area contributed by atoms with Crippen LogP contribution in [0.2, 0.25) is 0 Å². The van der Waals surface area contributed by atoms with Gasteiger partial charge in [0, 0.05) is 29.3 Å². The molecule has 2 aromatic carbocycles. The molecule has 0 radical (unpaired) electrons. The highest BCUT2D eigenvalue weighted by atomic mass is 16.5. The summed E-state index contributed by atoms with van der Waals surface area (Å²) in [4.78, 5) is 23.9. The van der Waals surface area contributed by atoms with E-state index in [0.717, 1.165) is 23.2 Å². The highest BCUT2D eigenvalue weighted by molar-refractivity contribution is 5.97. The molecule has 2 amide bonds. The number of carbonyl (C=O) groups is 2. The summed E-state index contributed by atoms with van der Waals surface area (Å²) >= 11 is 0. The van der Waals surface area contributed by atoms with Gasteiger partial charge in [0.15, 0.2) is 0 Å². The Balaban J connectivity index is 1.67. The van der Waals surface area contributed by atoms with Crippen LogP contribution < -0.4 is 16.1 Å². The minimum atomic E-state index is -1.26. The third-order valence-electron chi connectivity index (χ3n) is 4.83. The van der Waals surface area contributed by atoms with Crippen molar-refractivity contribution in [2.45, 2.75) is 44.5 Å². The van der Waals surface area contributed by atoms with Crippen molar-refractivity contribution in [3.8, 4) is 11.8 Å². The number of benzene rings is 2. The molecule has 0 spiro atoms. The Bertz CT molecular complexity index is 956. The second-order valence-corrected chi connectivity index (χ2v) is 7.31. The largest absolute Gasteiger partial charge is 0.391 e. The monoisotopic (exact) mass is 407 g/mol. The Labute approximate surface area is 175 Å². The first-order valence-corrected chi connectivity index (χ1v) is 9.84. The molecule has 0 saturated heterocycles. The maximum absolute atomic E-state index is 12.3. The van der Waals surface area contributed by atoms with Crippen LogP contribution in [0.1, 0.15) is 46.8 Å². The lowest BCUT2D eigenvalue weighted by atomic mass is 10.1. The van der Waals surface area contributed by atoms with E-state index in [2.05, 4.69) is 28.5 Å². The zero-order valence-corrected chi connectivity index (χ0v) is 16.7. The predicted molar refractivity (Wildman–Crippen MR) is 112 cm³/mol. The molecule has 1 aliphatic rings. The molecule has 1 aliphatic carbocycles. The van der Waals surface area contributed by atoms with Crippen LogP contribution in [0.3, 0.4) is 0 Å². The summed E-state index contributed by atoms with van der Waals surface area (Å²) in [7, 11) is 0. The smallest absolute Gasteiger partial charge is 0.268 e. The Morgan fingerprint density at radius 1 is 1.10 bits per heavy atom. The van der Waals surface area contributed by atoms with Crippen LogP contribution >= 0.6 is 0 Å². The van der Waals surface area contributed by atoms with Gasteiger partial charge in [-0.2, -0.15) is 0 Å². The van der Waals surface area contributed by atoms with Crippen LogP contribution in [0, 0.1) is 11.8 Å². The van der Waals surface area contributed by atoms with E-state index < -0.39 is 24.0 Å². The number of amides is 2. The molecule has 1 fully saturated rings. The number of aliphatic hydroxyl groups excluding tert-OH is 1. The summed E-state index contributed by atoms with van der Waals surface area (Å²) in [6, 6.07) is 14.0. The lowest BCUT2D eigenvalue weighted by molar-refractivity contribution is -0.133. The van der Waals surface area contributed by atoms with Crippen molar-refractivity contribution in [3.05, 3.63) is 70.8 Å². The van der Waals surface area contributed by atoms with Crippen molar-refractivity contribution < 1.29 is 19.9 Å². The fourth-order valence-corrected chi connectivity index (χ4v) is 2.88. The maximum atomic E-state index is 12.3. The van der Waals surface area contributed by atoms with Gasteiger partial charge in [0.2, 0.25) is 0 Å². The molecule has 2 atom stereocenters. The molecule has 30 heavy (non-hydrogen) atoms. The van der Waals surface area contributed by atoms with Crippen LogP contribution in [0.15, 0.2) is 48.5 Å². The Kier molecular flexibility index (Phi) is 7.20. The summed E-state index contributed by atoms with van der Waals surface area (Å²) < 4.78 is 0. The van der Waals surface area contributed by atoms with Crippen molar-refractivity contribution >= 4 is 11.8 Å². The van der Waals surface area contributed by atoms with Gasteiger partial charge in [-0.3, -0.25) is 14.8 Å². The highest BCUT2D eigenvalue weighted by Gasteiger charge is 2.25. The van der Waals surface area contributed by atoms with Gasteiger partial charge in [0.25, 0.3) is 11.8 Å². The average molecular weight is 407 g/mol. The Morgan fingerprint density at radius 3 is 2.43 bits per heavy atom. The lowest BCUT2D eigenvalue weighted by Crippen LogP contribution is -2.51. The fourth-order valence-electron chi connectivity index (χ4n) is 2.88. The molecule has 5 N–H and O–H groups in total. The molecule has 0 heterocycles. The summed E-state index contributed by atoms with van der Waals surface area (Å²) in [5, 5.41) is 24.2. The molecule has 7 heteroatoms. The second-order valence-electron chi connectivity index (χ2n) is 7.31. The van der Waals surface area contributed by atoms with Crippen molar-refractivity contribution in [3.63, 3.8) is 0 Å². The summed E-state index contributed by atoms with van der Waals surface area (Å²) in [6.45, 7) is 2.14. The van der Waals surface area contributed by atoms with Gasteiger partial charge < -0.3 is 15.7 Å². The van der Waals surface area contributed by atoms with E-state index in [1.54, 1.807) is 24.3 Å². The van der Waals surface area contributed by atoms with Crippen LogP contribution in [0.4, 0.5) is 0 Å². The van der Waals surface area contributed by atoms with E-state index in [9.17, 15) is 14.7 Å². The number of hydrogen-bond acceptors (Lipinski definition) is 5. The summed E-state index contributed by atoms with van der Waals surface area (Å²) in [5.41, 5.74) is 4.60. The van der Waals surface area contributed by atoms with E-state index in [1.165, 1.54) is 25.2 Å². The maximum Gasteiger partial charge on any atom is 0.268 e.